The molecule has 17 heavy (non-hydrogen) atoms. The van der Waals surface area contributed by atoms with Crippen molar-refractivity contribution in [2.75, 3.05) is 18.8 Å². The van der Waals surface area contributed by atoms with Crippen LogP contribution in [0.5, 0.6) is 0 Å². The number of hydrogen-bond donors (Lipinski definition) is 2. The molecule has 0 radical (unpaired) electrons. The zero-order valence-electron chi connectivity index (χ0n) is 10.2. The molecule has 3 N–H and O–H groups in total. The minimum atomic E-state index is 0.691. The van der Waals surface area contributed by atoms with Crippen molar-refractivity contribution in [3.8, 4) is 0 Å². The van der Waals surface area contributed by atoms with Gasteiger partial charge in [-0.2, -0.15) is 0 Å². The van der Waals surface area contributed by atoms with Gasteiger partial charge < -0.3 is 11.1 Å². The first-order valence-corrected chi connectivity index (χ1v) is 6.68. The Kier molecular flexibility index (Phi) is 2.97. The largest absolute Gasteiger partial charge is 0.383 e. The summed E-state index contributed by atoms with van der Waals surface area (Å²) in [6.07, 6.45) is 6.83. The highest BCUT2D eigenvalue weighted by atomic mass is 15.0. The van der Waals surface area contributed by atoms with Crippen molar-refractivity contribution in [2.45, 2.75) is 38.5 Å². The predicted octanol–water partition coefficient (Wildman–Crippen LogP) is 1.09. The normalized spacial score (nSPS) is 23.6. The van der Waals surface area contributed by atoms with Crippen molar-refractivity contribution >= 4 is 5.82 Å². The second-order valence-electron chi connectivity index (χ2n) is 5.22. The Labute approximate surface area is 102 Å². The topological polar surface area (TPSA) is 63.8 Å². The van der Waals surface area contributed by atoms with Crippen LogP contribution in [0.3, 0.4) is 0 Å². The fourth-order valence-electron chi connectivity index (χ4n) is 2.91. The molecule has 1 atom stereocenters. The molecule has 0 spiro atoms. The molecular weight excluding hydrogens is 212 g/mol. The lowest BCUT2D eigenvalue weighted by atomic mass is 9.96. The third-order valence-electron chi connectivity index (χ3n) is 3.90. The summed E-state index contributed by atoms with van der Waals surface area (Å²) in [5.41, 5.74) is 8.47. The fraction of sp³-hybridized carbons (Fsp3) is 0.692. The number of nitrogen functional groups attached to an aromatic ring is 1. The van der Waals surface area contributed by atoms with Gasteiger partial charge in [0.05, 0.1) is 0 Å². The van der Waals surface area contributed by atoms with Gasteiger partial charge in [0.2, 0.25) is 0 Å². The molecule has 0 aromatic carbocycles. The van der Waals surface area contributed by atoms with Gasteiger partial charge in [-0.1, -0.05) is 0 Å². The second kappa shape index (κ2) is 4.61. The molecule has 1 fully saturated rings. The van der Waals surface area contributed by atoms with E-state index in [1.54, 1.807) is 0 Å². The third-order valence-corrected chi connectivity index (χ3v) is 3.90. The zero-order chi connectivity index (χ0) is 11.7. The highest BCUT2D eigenvalue weighted by Gasteiger charge is 2.20. The van der Waals surface area contributed by atoms with Gasteiger partial charge in [-0.15, -0.1) is 0 Å². The van der Waals surface area contributed by atoms with Crippen LogP contribution in [0.25, 0.3) is 0 Å². The Morgan fingerprint density at radius 3 is 2.94 bits per heavy atom. The Morgan fingerprint density at radius 1 is 1.24 bits per heavy atom. The van der Waals surface area contributed by atoms with Crippen LogP contribution >= 0.6 is 0 Å². The van der Waals surface area contributed by atoms with Crippen LogP contribution in [0.15, 0.2) is 0 Å². The van der Waals surface area contributed by atoms with Gasteiger partial charge >= 0.3 is 0 Å². The number of fused-ring (bicyclic) bond motifs is 1. The summed E-state index contributed by atoms with van der Waals surface area (Å²) in [5, 5.41) is 3.38. The van der Waals surface area contributed by atoms with Crippen LogP contribution in [-0.2, 0) is 19.3 Å². The lowest BCUT2D eigenvalue weighted by Gasteiger charge is -2.17. The molecule has 1 aliphatic carbocycles. The van der Waals surface area contributed by atoms with Gasteiger partial charge in [-0.3, -0.25) is 0 Å². The number of hydrogen-bond acceptors (Lipinski definition) is 4. The van der Waals surface area contributed by atoms with E-state index in [1.165, 1.54) is 30.5 Å². The van der Waals surface area contributed by atoms with Crippen molar-refractivity contribution in [2.24, 2.45) is 5.92 Å². The molecule has 1 saturated heterocycles. The van der Waals surface area contributed by atoms with E-state index < -0.39 is 0 Å². The number of nitrogens with two attached hydrogens (primary N) is 1. The smallest absolute Gasteiger partial charge is 0.131 e. The maximum Gasteiger partial charge on any atom is 0.131 e. The minimum Gasteiger partial charge on any atom is -0.383 e. The maximum atomic E-state index is 6.05. The lowest BCUT2D eigenvalue weighted by Crippen LogP contribution is -2.16. The molecule has 4 heteroatoms. The van der Waals surface area contributed by atoms with Crippen molar-refractivity contribution < 1.29 is 0 Å². The first-order chi connectivity index (χ1) is 8.33. The molecule has 0 bridgehead atoms. The van der Waals surface area contributed by atoms with E-state index in [1.807, 2.05) is 0 Å². The van der Waals surface area contributed by atoms with Crippen molar-refractivity contribution in [1.29, 1.82) is 0 Å². The summed E-state index contributed by atoms with van der Waals surface area (Å²) in [6, 6.07) is 0. The van der Waals surface area contributed by atoms with Crippen LogP contribution in [-0.4, -0.2) is 23.1 Å². The summed E-state index contributed by atoms with van der Waals surface area (Å²) < 4.78 is 0. The van der Waals surface area contributed by atoms with Gasteiger partial charge in [0.15, 0.2) is 0 Å². The van der Waals surface area contributed by atoms with E-state index in [4.69, 9.17) is 10.7 Å². The number of nitrogens with one attached hydrogen (secondary N) is 1. The molecule has 4 nitrogen and oxygen atoms in total. The summed E-state index contributed by atoms with van der Waals surface area (Å²) in [6.45, 7) is 2.23. The van der Waals surface area contributed by atoms with Crippen molar-refractivity contribution in [1.82, 2.24) is 15.3 Å². The lowest BCUT2D eigenvalue weighted by molar-refractivity contribution is 0.555. The van der Waals surface area contributed by atoms with Crippen molar-refractivity contribution in [3.05, 3.63) is 17.1 Å². The SMILES string of the molecule is Nc1nc(CC2CCNC2)nc2c1CCCC2. The second-order valence-corrected chi connectivity index (χ2v) is 5.22. The summed E-state index contributed by atoms with van der Waals surface area (Å²) >= 11 is 0. The average molecular weight is 232 g/mol. The molecule has 3 rings (SSSR count). The molecule has 0 saturated carbocycles. The molecule has 1 aliphatic heterocycles. The molecule has 0 amide bonds. The van der Waals surface area contributed by atoms with Crippen molar-refractivity contribution in [3.63, 3.8) is 0 Å². The number of aromatic nitrogens is 2. The Bertz CT molecular complexity index is 410. The predicted molar refractivity (Wildman–Crippen MR) is 67.8 cm³/mol. The van der Waals surface area contributed by atoms with Crippen LogP contribution < -0.4 is 11.1 Å². The molecule has 92 valence electrons. The van der Waals surface area contributed by atoms with Crippen LogP contribution in [0, 0.1) is 5.92 Å². The molecule has 2 aliphatic rings. The van der Waals surface area contributed by atoms with E-state index in [-0.39, 0.29) is 0 Å². The van der Waals surface area contributed by atoms with E-state index in [0.29, 0.717) is 5.92 Å². The number of rotatable bonds is 2. The van der Waals surface area contributed by atoms with Gasteiger partial charge in [0.25, 0.3) is 0 Å². The summed E-state index contributed by atoms with van der Waals surface area (Å²) in [4.78, 5) is 9.21. The zero-order valence-corrected chi connectivity index (χ0v) is 10.2. The monoisotopic (exact) mass is 232 g/mol. The highest BCUT2D eigenvalue weighted by Crippen LogP contribution is 2.24. The van der Waals surface area contributed by atoms with E-state index >= 15 is 0 Å². The van der Waals surface area contributed by atoms with E-state index in [2.05, 4.69) is 10.3 Å². The van der Waals surface area contributed by atoms with Gasteiger partial charge in [0, 0.05) is 17.7 Å². The molecule has 2 heterocycles. The Hall–Kier alpha value is -1.16. The van der Waals surface area contributed by atoms with Gasteiger partial charge in [-0.25, -0.2) is 9.97 Å². The maximum absolute atomic E-state index is 6.05. The van der Waals surface area contributed by atoms with Crippen LogP contribution in [0.1, 0.15) is 36.3 Å². The molecule has 1 aromatic heterocycles. The average Bonchev–Trinajstić information content (AvgIpc) is 2.82. The molecule has 1 unspecified atom stereocenters. The first kappa shape index (κ1) is 11.0. The number of nitrogens with zero attached hydrogens (tertiary/aromatic N) is 2. The van der Waals surface area contributed by atoms with Gasteiger partial charge in [-0.05, 0) is 51.1 Å². The Morgan fingerprint density at radius 2 is 2.12 bits per heavy atom. The van der Waals surface area contributed by atoms with E-state index in [9.17, 15) is 0 Å². The van der Waals surface area contributed by atoms with Gasteiger partial charge in [0.1, 0.15) is 11.6 Å². The fourth-order valence-corrected chi connectivity index (χ4v) is 2.91. The van der Waals surface area contributed by atoms with E-state index in [0.717, 1.165) is 44.0 Å². The quantitative estimate of drug-likeness (QED) is 0.801. The number of aryl methyl sites for hydroxylation is 1. The summed E-state index contributed by atoms with van der Waals surface area (Å²) in [7, 11) is 0. The molecule has 1 aromatic rings. The summed E-state index contributed by atoms with van der Waals surface area (Å²) in [5.74, 6) is 2.38. The number of anilines is 1. The Balaban J connectivity index is 1.82. The van der Waals surface area contributed by atoms with Crippen LogP contribution in [0.4, 0.5) is 5.82 Å². The van der Waals surface area contributed by atoms with Crippen LogP contribution in [0.2, 0.25) is 0 Å². The first-order valence-electron chi connectivity index (χ1n) is 6.68. The standard InChI is InChI=1S/C13H20N4/c14-13-10-3-1-2-4-11(10)16-12(17-13)7-9-5-6-15-8-9/h9,15H,1-8H2,(H2,14,16,17). The third kappa shape index (κ3) is 2.27. The highest BCUT2D eigenvalue weighted by molar-refractivity contribution is 5.43. The minimum absolute atomic E-state index is 0.691. The molecular formula is C13H20N4.